The monoisotopic (exact) mass is 385 g/mol. The second-order valence-corrected chi connectivity index (χ2v) is 6.72. The van der Waals surface area contributed by atoms with Crippen LogP contribution in [0.4, 0.5) is 18.0 Å². The van der Waals surface area contributed by atoms with Gasteiger partial charge in [0.1, 0.15) is 16.9 Å². The van der Waals surface area contributed by atoms with Crippen molar-refractivity contribution in [1.82, 2.24) is 5.32 Å². The molecular formula is C18H18F3NO5. The van der Waals surface area contributed by atoms with E-state index in [0.717, 1.165) is 18.2 Å². The lowest BCUT2D eigenvalue weighted by Gasteiger charge is -2.19. The molecule has 2 N–H and O–H groups in total. The summed E-state index contributed by atoms with van der Waals surface area (Å²) in [6, 6.07) is 3.51. The number of fused-ring (bicyclic) bond motifs is 1. The molecule has 0 radical (unpaired) electrons. The molecule has 6 nitrogen and oxygen atoms in total. The van der Waals surface area contributed by atoms with Gasteiger partial charge in [-0.3, -0.25) is 0 Å². The normalized spacial score (nSPS) is 12.5. The molecule has 0 spiro atoms. The molecule has 0 saturated heterocycles. The summed E-state index contributed by atoms with van der Waals surface area (Å²) in [5, 5.41) is 11.2. The first-order valence-electron chi connectivity index (χ1n) is 7.87. The fraction of sp³-hybridized carbons (Fsp3) is 0.333. The van der Waals surface area contributed by atoms with Crippen LogP contribution in [-0.4, -0.2) is 22.8 Å². The second kappa shape index (κ2) is 7.34. The maximum atomic E-state index is 13.3. The van der Waals surface area contributed by atoms with Gasteiger partial charge >= 0.3 is 18.2 Å². The zero-order valence-corrected chi connectivity index (χ0v) is 14.8. The van der Waals surface area contributed by atoms with Gasteiger partial charge in [-0.25, -0.2) is 9.59 Å². The lowest BCUT2D eigenvalue weighted by Crippen LogP contribution is -2.32. The van der Waals surface area contributed by atoms with Crippen molar-refractivity contribution >= 4 is 29.1 Å². The maximum absolute atomic E-state index is 13.3. The SMILES string of the molecule is CC(C)(C)OC(=O)NCc1cc2cc(C=CC(=O)O)cc(C(F)(F)F)c2o1. The van der Waals surface area contributed by atoms with Gasteiger partial charge < -0.3 is 19.6 Å². The summed E-state index contributed by atoms with van der Waals surface area (Å²) in [4.78, 5) is 22.2. The maximum Gasteiger partial charge on any atom is 0.420 e. The molecule has 1 amide bonds. The summed E-state index contributed by atoms with van der Waals surface area (Å²) < 4.78 is 50.3. The van der Waals surface area contributed by atoms with Crippen molar-refractivity contribution in [3.05, 3.63) is 41.2 Å². The third-order valence-corrected chi connectivity index (χ3v) is 3.22. The number of rotatable bonds is 4. The zero-order valence-electron chi connectivity index (χ0n) is 14.8. The number of benzene rings is 1. The molecule has 1 heterocycles. The van der Waals surface area contributed by atoms with Crippen LogP contribution >= 0.6 is 0 Å². The van der Waals surface area contributed by atoms with E-state index in [1.165, 1.54) is 12.1 Å². The number of alkyl halides is 3. The Morgan fingerprint density at radius 3 is 2.44 bits per heavy atom. The highest BCUT2D eigenvalue weighted by Crippen LogP contribution is 2.37. The van der Waals surface area contributed by atoms with Crippen LogP contribution in [0.1, 0.15) is 37.7 Å². The van der Waals surface area contributed by atoms with Crippen molar-refractivity contribution in [2.24, 2.45) is 0 Å². The average Bonchev–Trinajstić information content (AvgIpc) is 2.90. The number of aliphatic carboxylic acids is 1. The highest BCUT2D eigenvalue weighted by atomic mass is 19.4. The number of ether oxygens (including phenoxy) is 1. The fourth-order valence-electron chi connectivity index (χ4n) is 2.26. The Hall–Kier alpha value is -2.97. The first kappa shape index (κ1) is 20.3. The number of halogens is 3. The smallest absolute Gasteiger partial charge is 0.420 e. The Balaban J connectivity index is 2.33. The lowest BCUT2D eigenvalue weighted by molar-refractivity contribution is -0.137. The molecule has 0 bridgehead atoms. The molecule has 0 aliphatic carbocycles. The highest BCUT2D eigenvalue weighted by molar-refractivity contribution is 5.88. The predicted octanol–water partition coefficient (Wildman–Crippen LogP) is 4.57. The van der Waals surface area contributed by atoms with E-state index in [-0.39, 0.29) is 23.3 Å². The molecule has 0 atom stereocenters. The Morgan fingerprint density at radius 1 is 1.22 bits per heavy atom. The van der Waals surface area contributed by atoms with E-state index in [9.17, 15) is 22.8 Å². The molecule has 146 valence electrons. The number of carboxylic acids is 1. The fourth-order valence-corrected chi connectivity index (χ4v) is 2.26. The van der Waals surface area contributed by atoms with Gasteiger partial charge in [0.2, 0.25) is 0 Å². The van der Waals surface area contributed by atoms with Crippen LogP contribution in [0, 0.1) is 0 Å². The third-order valence-electron chi connectivity index (χ3n) is 3.22. The van der Waals surface area contributed by atoms with Crippen LogP contribution in [0.2, 0.25) is 0 Å². The van der Waals surface area contributed by atoms with Gasteiger partial charge in [-0.2, -0.15) is 13.2 Å². The minimum absolute atomic E-state index is 0.0599. The van der Waals surface area contributed by atoms with Gasteiger partial charge in [0.15, 0.2) is 0 Å². The highest BCUT2D eigenvalue weighted by Gasteiger charge is 2.35. The van der Waals surface area contributed by atoms with Crippen LogP contribution in [-0.2, 0) is 22.3 Å². The summed E-state index contributed by atoms with van der Waals surface area (Å²) in [5.41, 5.74) is -2.08. The molecule has 0 fully saturated rings. The van der Waals surface area contributed by atoms with Gasteiger partial charge in [0.25, 0.3) is 0 Å². The first-order chi connectivity index (χ1) is 12.3. The largest absolute Gasteiger partial charge is 0.478 e. The Labute approximate surface area is 152 Å². The number of carbonyl (C=O) groups is 2. The van der Waals surface area contributed by atoms with Gasteiger partial charge in [-0.05, 0) is 50.6 Å². The summed E-state index contributed by atoms with van der Waals surface area (Å²) in [5.74, 6) is -1.18. The van der Waals surface area contributed by atoms with Gasteiger partial charge in [-0.1, -0.05) is 0 Å². The second-order valence-electron chi connectivity index (χ2n) is 6.72. The molecule has 9 heteroatoms. The van der Waals surface area contributed by atoms with Crippen LogP contribution < -0.4 is 5.32 Å². The predicted molar refractivity (Wildman–Crippen MR) is 91.0 cm³/mol. The van der Waals surface area contributed by atoms with E-state index in [1.54, 1.807) is 20.8 Å². The molecule has 1 aromatic heterocycles. The number of carbonyl (C=O) groups excluding carboxylic acids is 1. The van der Waals surface area contributed by atoms with Gasteiger partial charge in [-0.15, -0.1) is 0 Å². The van der Waals surface area contributed by atoms with Crippen molar-refractivity contribution in [3.63, 3.8) is 0 Å². The number of hydrogen-bond acceptors (Lipinski definition) is 4. The number of hydrogen-bond donors (Lipinski definition) is 2. The van der Waals surface area contributed by atoms with Crippen LogP contribution in [0.5, 0.6) is 0 Å². The Kier molecular flexibility index (Phi) is 5.53. The molecule has 1 aromatic carbocycles. The number of carboxylic acid groups (broad SMARTS) is 1. The van der Waals surface area contributed by atoms with Crippen molar-refractivity contribution in [2.75, 3.05) is 0 Å². The summed E-state index contributed by atoms with van der Waals surface area (Å²) in [6.45, 7) is 4.86. The number of alkyl carbamates (subject to hydrolysis) is 1. The molecule has 2 rings (SSSR count). The van der Waals surface area contributed by atoms with E-state index in [0.29, 0.717) is 0 Å². The van der Waals surface area contributed by atoms with E-state index in [2.05, 4.69) is 5.32 Å². The summed E-state index contributed by atoms with van der Waals surface area (Å²) in [6.07, 6.45) is -3.63. The Morgan fingerprint density at radius 2 is 1.89 bits per heavy atom. The summed E-state index contributed by atoms with van der Waals surface area (Å²) >= 11 is 0. The van der Waals surface area contributed by atoms with E-state index in [4.69, 9.17) is 14.3 Å². The van der Waals surface area contributed by atoms with E-state index >= 15 is 0 Å². The number of furan rings is 1. The molecule has 27 heavy (non-hydrogen) atoms. The molecule has 0 aliphatic heterocycles. The minimum Gasteiger partial charge on any atom is -0.478 e. The van der Waals surface area contributed by atoms with E-state index < -0.39 is 35.0 Å². The zero-order chi connectivity index (χ0) is 20.4. The molecule has 0 aliphatic rings. The summed E-state index contributed by atoms with van der Waals surface area (Å²) in [7, 11) is 0. The topological polar surface area (TPSA) is 88.8 Å². The first-order valence-corrected chi connectivity index (χ1v) is 7.87. The standard InChI is InChI=1S/C18H18F3NO5/c1-17(2,3)27-16(25)22-9-12-8-11-6-10(4-5-14(23)24)7-13(15(11)26-12)18(19,20)21/h4-8H,9H2,1-3H3,(H,22,25)(H,23,24). The van der Waals surface area contributed by atoms with E-state index in [1.807, 2.05) is 0 Å². The van der Waals surface area contributed by atoms with Crippen LogP contribution in [0.15, 0.2) is 28.7 Å². The van der Waals surface area contributed by atoms with Crippen LogP contribution in [0.3, 0.4) is 0 Å². The lowest BCUT2D eigenvalue weighted by atomic mass is 10.1. The quantitative estimate of drug-likeness (QED) is 0.753. The third kappa shape index (κ3) is 5.77. The van der Waals surface area contributed by atoms with Crippen molar-refractivity contribution < 1.29 is 37.0 Å². The molecule has 0 unspecified atom stereocenters. The van der Waals surface area contributed by atoms with Gasteiger partial charge in [0, 0.05) is 11.5 Å². The number of nitrogens with one attached hydrogen (secondary N) is 1. The van der Waals surface area contributed by atoms with Gasteiger partial charge in [0.05, 0.1) is 12.1 Å². The van der Waals surface area contributed by atoms with Crippen molar-refractivity contribution in [1.29, 1.82) is 0 Å². The van der Waals surface area contributed by atoms with Crippen molar-refractivity contribution in [3.8, 4) is 0 Å². The molecule has 2 aromatic rings. The Bertz CT molecular complexity index is 891. The minimum atomic E-state index is -4.70. The molecule has 0 saturated carbocycles. The van der Waals surface area contributed by atoms with Crippen LogP contribution in [0.25, 0.3) is 17.0 Å². The van der Waals surface area contributed by atoms with Crippen molar-refractivity contribution in [2.45, 2.75) is 39.1 Å². The molecular weight excluding hydrogens is 367 g/mol. The average molecular weight is 385 g/mol. The number of amides is 1.